The topological polar surface area (TPSA) is 93.2 Å². The zero-order valence-electron chi connectivity index (χ0n) is 12.9. The molecule has 126 valence electrons. The van der Waals surface area contributed by atoms with E-state index in [0.717, 1.165) is 0 Å². The highest BCUT2D eigenvalue weighted by atomic mass is 19.4. The van der Waals surface area contributed by atoms with Crippen LogP contribution in [0.25, 0.3) is 0 Å². The van der Waals surface area contributed by atoms with Crippen molar-refractivity contribution < 1.29 is 27.5 Å². The first kappa shape index (κ1) is 18.7. The number of rotatable bonds is 4. The van der Waals surface area contributed by atoms with Gasteiger partial charge in [-0.3, -0.25) is 4.79 Å². The lowest BCUT2D eigenvalue weighted by Gasteiger charge is -2.22. The lowest BCUT2D eigenvalue weighted by Crippen LogP contribution is -2.25. The highest BCUT2D eigenvalue weighted by Gasteiger charge is 2.35. The van der Waals surface area contributed by atoms with E-state index >= 15 is 0 Å². The number of ketones is 1. The lowest BCUT2D eigenvalue weighted by molar-refractivity contribution is -0.0609. The van der Waals surface area contributed by atoms with Gasteiger partial charge in [-0.05, 0) is 23.6 Å². The molecule has 0 radical (unpaired) electrons. The predicted octanol–water partition coefficient (Wildman–Crippen LogP) is 3.60. The van der Waals surface area contributed by atoms with E-state index in [1.807, 2.05) is 0 Å². The van der Waals surface area contributed by atoms with Gasteiger partial charge < -0.3 is 15.9 Å². The molecule has 23 heavy (non-hydrogen) atoms. The van der Waals surface area contributed by atoms with Crippen LogP contribution in [0.2, 0.25) is 0 Å². The molecule has 0 saturated carbocycles. The van der Waals surface area contributed by atoms with Crippen LogP contribution in [0.15, 0.2) is 18.2 Å². The minimum Gasteiger partial charge on any atom is -0.410 e. The molecular formula is C15H17F3N2O3. The smallest absolute Gasteiger partial charge is 0.410 e. The van der Waals surface area contributed by atoms with E-state index in [1.165, 1.54) is 18.2 Å². The number of nitrogens with two attached hydrogens (primary N) is 1. The van der Waals surface area contributed by atoms with Gasteiger partial charge in [-0.2, -0.15) is 13.2 Å². The summed E-state index contributed by atoms with van der Waals surface area (Å²) in [7, 11) is 0. The lowest BCUT2D eigenvalue weighted by atomic mass is 9.84. The molecule has 0 saturated heterocycles. The number of hydrogen-bond acceptors (Lipinski definition) is 4. The van der Waals surface area contributed by atoms with Crippen LogP contribution in [-0.4, -0.2) is 23.8 Å². The van der Waals surface area contributed by atoms with Crippen LogP contribution in [-0.2, 0) is 5.41 Å². The van der Waals surface area contributed by atoms with Gasteiger partial charge in [0, 0.05) is 11.1 Å². The fourth-order valence-corrected chi connectivity index (χ4v) is 1.85. The summed E-state index contributed by atoms with van der Waals surface area (Å²) < 4.78 is 41.9. The van der Waals surface area contributed by atoms with E-state index in [4.69, 9.17) is 15.9 Å². The van der Waals surface area contributed by atoms with Crippen LogP contribution < -0.4 is 10.5 Å². The number of ether oxygens (including phenoxy) is 1. The van der Waals surface area contributed by atoms with Gasteiger partial charge in [-0.25, -0.2) is 4.79 Å². The van der Waals surface area contributed by atoms with E-state index in [-0.39, 0.29) is 11.3 Å². The van der Waals surface area contributed by atoms with Crippen molar-refractivity contribution in [2.45, 2.75) is 38.8 Å². The summed E-state index contributed by atoms with van der Waals surface area (Å²) in [6, 6.07) is 3.89. The molecule has 0 aliphatic rings. The number of Topliss-reactive ketones (excluding diaryl/α,β-unsaturated/α-hetero) is 1. The standard InChI is InChI=1S/C15H17F3N2O3/c1-14(2,3)9-6-8(4-5-11(9)23-13(20)22)10(21)7-12(19)15(16,17)18/h4-6,19H,7H2,1-3H3,(H2,20,22). The third-order valence-corrected chi connectivity index (χ3v) is 3.00. The van der Waals surface area contributed by atoms with Crippen molar-refractivity contribution in [1.82, 2.24) is 0 Å². The van der Waals surface area contributed by atoms with E-state index in [2.05, 4.69) is 0 Å². The minimum absolute atomic E-state index is 0.000690. The Labute approximate surface area is 131 Å². The van der Waals surface area contributed by atoms with Gasteiger partial charge in [0.2, 0.25) is 0 Å². The van der Waals surface area contributed by atoms with Crippen molar-refractivity contribution >= 4 is 17.6 Å². The van der Waals surface area contributed by atoms with Gasteiger partial charge >= 0.3 is 12.3 Å². The first-order valence-corrected chi connectivity index (χ1v) is 6.62. The summed E-state index contributed by atoms with van der Waals surface area (Å²) in [5, 5.41) is 6.90. The summed E-state index contributed by atoms with van der Waals surface area (Å²) >= 11 is 0. The van der Waals surface area contributed by atoms with Crippen LogP contribution in [0.4, 0.5) is 18.0 Å². The number of hydrogen-bond donors (Lipinski definition) is 2. The summed E-state index contributed by atoms with van der Waals surface area (Å²) in [6.45, 7) is 5.34. The Morgan fingerprint density at radius 3 is 2.22 bits per heavy atom. The molecule has 1 amide bonds. The number of carbonyl (C=O) groups excluding carboxylic acids is 2. The van der Waals surface area contributed by atoms with Crippen LogP contribution >= 0.6 is 0 Å². The van der Waals surface area contributed by atoms with E-state index < -0.39 is 35.6 Å². The fourth-order valence-electron chi connectivity index (χ4n) is 1.85. The molecule has 0 unspecified atom stereocenters. The molecule has 0 heterocycles. The Bertz CT molecular complexity index is 646. The van der Waals surface area contributed by atoms with Gasteiger partial charge in [0.25, 0.3) is 0 Å². The quantitative estimate of drug-likeness (QED) is 0.652. The molecule has 0 atom stereocenters. The molecule has 3 N–H and O–H groups in total. The number of carbonyl (C=O) groups is 2. The second-order valence-corrected chi connectivity index (χ2v) is 5.96. The number of benzene rings is 1. The molecule has 0 bridgehead atoms. The third-order valence-electron chi connectivity index (χ3n) is 3.00. The number of primary amides is 1. The maximum absolute atomic E-state index is 12.4. The average Bonchev–Trinajstić information content (AvgIpc) is 2.35. The number of halogens is 3. The van der Waals surface area contributed by atoms with Crippen molar-refractivity contribution in [1.29, 1.82) is 5.41 Å². The van der Waals surface area contributed by atoms with Gasteiger partial charge in [-0.1, -0.05) is 20.8 Å². The summed E-state index contributed by atoms with van der Waals surface area (Å²) in [4.78, 5) is 22.8. The first-order chi connectivity index (χ1) is 10.3. The predicted molar refractivity (Wildman–Crippen MR) is 78.1 cm³/mol. The molecule has 1 aromatic rings. The monoisotopic (exact) mass is 330 g/mol. The molecule has 0 aromatic heterocycles. The average molecular weight is 330 g/mol. The summed E-state index contributed by atoms with van der Waals surface area (Å²) in [6.07, 6.45) is -6.92. The Balaban J connectivity index is 3.17. The molecule has 0 aliphatic carbocycles. The number of amides is 1. The molecule has 1 aromatic carbocycles. The molecule has 0 aliphatic heterocycles. The Kier molecular flexibility index (Phi) is 5.19. The van der Waals surface area contributed by atoms with Gasteiger partial charge in [-0.15, -0.1) is 0 Å². The van der Waals surface area contributed by atoms with E-state index in [9.17, 15) is 22.8 Å². The van der Waals surface area contributed by atoms with Crippen molar-refractivity contribution in [3.05, 3.63) is 29.3 Å². The first-order valence-electron chi connectivity index (χ1n) is 6.62. The van der Waals surface area contributed by atoms with Gasteiger partial charge in [0.15, 0.2) is 5.78 Å². The zero-order chi connectivity index (χ0) is 18.0. The zero-order valence-corrected chi connectivity index (χ0v) is 12.9. The summed E-state index contributed by atoms with van der Waals surface area (Å²) in [5.41, 5.74) is 3.26. The molecule has 5 nitrogen and oxygen atoms in total. The maximum Gasteiger partial charge on any atom is 0.429 e. The van der Waals surface area contributed by atoms with Gasteiger partial charge in [0.1, 0.15) is 11.5 Å². The Hall–Kier alpha value is -2.38. The Morgan fingerprint density at radius 1 is 1.22 bits per heavy atom. The van der Waals surface area contributed by atoms with Gasteiger partial charge in [0.05, 0.1) is 6.42 Å². The van der Waals surface area contributed by atoms with E-state index in [0.29, 0.717) is 5.56 Å². The number of alkyl halides is 3. The summed E-state index contributed by atoms with van der Waals surface area (Å²) in [5.74, 6) is -0.712. The molecule has 1 rings (SSSR count). The van der Waals surface area contributed by atoms with Crippen molar-refractivity contribution in [3.8, 4) is 5.75 Å². The molecule has 0 fully saturated rings. The SMILES string of the molecule is CC(C)(C)c1cc(C(=O)CC(=N)C(F)(F)F)ccc1OC(N)=O. The van der Waals surface area contributed by atoms with Crippen molar-refractivity contribution in [3.63, 3.8) is 0 Å². The third kappa shape index (κ3) is 5.08. The van der Waals surface area contributed by atoms with Crippen molar-refractivity contribution in [2.75, 3.05) is 0 Å². The van der Waals surface area contributed by atoms with Crippen molar-refractivity contribution in [2.24, 2.45) is 5.73 Å². The maximum atomic E-state index is 12.4. The number of nitrogens with one attached hydrogen (secondary N) is 1. The fraction of sp³-hybridized carbons (Fsp3) is 0.400. The largest absolute Gasteiger partial charge is 0.429 e. The Morgan fingerprint density at radius 2 is 1.78 bits per heavy atom. The highest BCUT2D eigenvalue weighted by molar-refractivity contribution is 6.10. The van der Waals surface area contributed by atoms with Crippen LogP contribution in [0.5, 0.6) is 5.75 Å². The minimum atomic E-state index is -4.84. The van der Waals surface area contributed by atoms with E-state index in [1.54, 1.807) is 20.8 Å². The van der Waals surface area contributed by atoms with Crippen LogP contribution in [0.1, 0.15) is 43.1 Å². The van der Waals surface area contributed by atoms with Crippen LogP contribution in [0, 0.1) is 5.41 Å². The highest BCUT2D eigenvalue weighted by Crippen LogP contribution is 2.33. The molecule has 0 spiro atoms. The normalized spacial score (nSPS) is 11.9. The second kappa shape index (κ2) is 6.39. The second-order valence-electron chi connectivity index (χ2n) is 5.96. The molecule has 8 heteroatoms. The van der Waals surface area contributed by atoms with Crippen LogP contribution in [0.3, 0.4) is 0 Å². The molecular weight excluding hydrogens is 313 g/mol.